The standard InChI is InChI=1S/C10H14N4O5/c1-14-3-2-6(13-14)5-11-10(19)12-7(9(17)18)4-8(15)16/h2-3,7H,4-5H2,1H3,(H,15,16)(H,17,18)(H2,11,12,19)/t7-/m1/s1. The van der Waals surface area contributed by atoms with Crippen LogP contribution in [0.1, 0.15) is 12.1 Å². The van der Waals surface area contributed by atoms with Crippen LogP contribution in [-0.4, -0.2) is 44.0 Å². The predicted octanol–water partition coefficient (Wildman–Crippen LogP) is -0.853. The van der Waals surface area contributed by atoms with Crippen molar-refractivity contribution in [3.63, 3.8) is 0 Å². The van der Waals surface area contributed by atoms with Crippen molar-refractivity contribution < 1.29 is 24.6 Å². The monoisotopic (exact) mass is 270 g/mol. The fourth-order valence-electron chi connectivity index (χ4n) is 1.31. The highest BCUT2D eigenvalue weighted by atomic mass is 16.4. The van der Waals surface area contributed by atoms with Gasteiger partial charge in [-0.25, -0.2) is 9.59 Å². The normalized spacial score (nSPS) is 11.6. The minimum atomic E-state index is -1.47. The van der Waals surface area contributed by atoms with Crippen LogP contribution in [0.15, 0.2) is 12.3 Å². The molecule has 0 radical (unpaired) electrons. The van der Waals surface area contributed by atoms with Gasteiger partial charge < -0.3 is 20.8 Å². The SMILES string of the molecule is Cn1ccc(CNC(=O)N[C@H](CC(=O)O)C(=O)O)n1. The maximum absolute atomic E-state index is 11.4. The third-order valence-corrected chi connectivity index (χ3v) is 2.18. The molecule has 0 unspecified atom stereocenters. The van der Waals surface area contributed by atoms with Crippen LogP contribution in [0.25, 0.3) is 0 Å². The van der Waals surface area contributed by atoms with Gasteiger partial charge in [0, 0.05) is 13.2 Å². The number of amides is 2. The Morgan fingerprint density at radius 2 is 2.11 bits per heavy atom. The van der Waals surface area contributed by atoms with Crippen molar-refractivity contribution in [2.75, 3.05) is 0 Å². The molecule has 1 aromatic rings. The number of aromatic nitrogens is 2. The summed E-state index contributed by atoms with van der Waals surface area (Å²) in [4.78, 5) is 32.6. The number of nitrogens with one attached hydrogen (secondary N) is 2. The van der Waals surface area contributed by atoms with E-state index in [0.717, 1.165) is 0 Å². The molecule has 1 heterocycles. The zero-order valence-corrected chi connectivity index (χ0v) is 10.2. The highest BCUT2D eigenvalue weighted by molar-refractivity contribution is 5.86. The molecule has 0 fully saturated rings. The van der Waals surface area contributed by atoms with Crippen molar-refractivity contribution in [1.29, 1.82) is 0 Å². The number of carbonyl (C=O) groups is 3. The molecule has 19 heavy (non-hydrogen) atoms. The molecule has 9 heteroatoms. The smallest absolute Gasteiger partial charge is 0.326 e. The Bertz CT molecular complexity index is 484. The Kier molecular flexibility index (Phi) is 4.86. The molecule has 0 spiro atoms. The van der Waals surface area contributed by atoms with Crippen molar-refractivity contribution >= 4 is 18.0 Å². The Hall–Kier alpha value is -2.58. The van der Waals surface area contributed by atoms with Crippen molar-refractivity contribution in [2.45, 2.75) is 19.0 Å². The first-order chi connectivity index (χ1) is 8.88. The third-order valence-electron chi connectivity index (χ3n) is 2.18. The molecule has 104 valence electrons. The van der Waals surface area contributed by atoms with Crippen molar-refractivity contribution in [2.24, 2.45) is 7.05 Å². The number of aliphatic carboxylic acids is 2. The highest BCUT2D eigenvalue weighted by Gasteiger charge is 2.22. The average molecular weight is 270 g/mol. The van der Waals surface area contributed by atoms with Crippen molar-refractivity contribution in [3.05, 3.63) is 18.0 Å². The topological polar surface area (TPSA) is 134 Å². The van der Waals surface area contributed by atoms with E-state index in [1.807, 2.05) is 0 Å². The Morgan fingerprint density at radius 3 is 2.58 bits per heavy atom. The number of hydrogen-bond donors (Lipinski definition) is 4. The van der Waals surface area contributed by atoms with E-state index < -0.39 is 30.4 Å². The molecule has 0 aliphatic rings. The molecule has 0 saturated carbocycles. The van der Waals surface area contributed by atoms with E-state index in [9.17, 15) is 14.4 Å². The summed E-state index contributed by atoms with van der Waals surface area (Å²) in [6.45, 7) is 0.117. The predicted molar refractivity (Wildman–Crippen MR) is 62.3 cm³/mol. The van der Waals surface area contributed by atoms with E-state index in [4.69, 9.17) is 10.2 Å². The van der Waals surface area contributed by atoms with Gasteiger partial charge >= 0.3 is 18.0 Å². The van der Waals surface area contributed by atoms with Crippen LogP contribution < -0.4 is 10.6 Å². The Balaban J connectivity index is 2.44. The van der Waals surface area contributed by atoms with Crippen LogP contribution in [0, 0.1) is 0 Å². The van der Waals surface area contributed by atoms with Gasteiger partial charge in [-0.15, -0.1) is 0 Å². The molecular weight excluding hydrogens is 256 g/mol. The molecule has 0 bridgehead atoms. The average Bonchev–Trinajstić information content (AvgIpc) is 2.71. The van der Waals surface area contributed by atoms with Crippen LogP contribution in [0.4, 0.5) is 4.79 Å². The van der Waals surface area contributed by atoms with Gasteiger partial charge in [0.15, 0.2) is 0 Å². The summed E-state index contributed by atoms with van der Waals surface area (Å²) in [7, 11) is 1.72. The summed E-state index contributed by atoms with van der Waals surface area (Å²) in [5, 5.41) is 25.7. The minimum Gasteiger partial charge on any atom is -0.481 e. The van der Waals surface area contributed by atoms with Crippen LogP contribution in [-0.2, 0) is 23.2 Å². The van der Waals surface area contributed by atoms with Crippen LogP contribution >= 0.6 is 0 Å². The summed E-state index contributed by atoms with van der Waals surface area (Å²) < 4.78 is 1.55. The van der Waals surface area contributed by atoms with Crippen LogP contribution in [0.3, 0.4) is 0 Å². The molecule has 9 nitrogen and oxygen atoms in total. The summed E-state index contributed by atoms with van der Waals surface area (Å²) in [6, 6.07) is -0.549. The maximum atomic E-state index is 11.4. The molecule has 2 amide bonds. The molecule has 1 aromatic heterocycles. The number of aryl methyl sites for hydroxylation is 1. The summed E-state index contributed by atoms with van der Waals surface area (Å²) in [6.07, 6.45) is 1.01. The van der Waals surface area contributed by atoms with Gasteiger partial charge in [-0.2, -0.15) is 5.10 Å². The number of carbonyl (C=O) groups excluding carboxylic acids is 1. The first-order valence-electron chi connectivity index (χ1n) is 5.36. The highest BCUT2D eigenvalue weighted by Crippen LogP contribution is 1.95. The fourth-order valence-corrected chi connectivity index (χ4v) is 1.31. The number of carboxylic acid groups (broad SMARTS) is 2. The van der Waals surface area contributed by atoms with Gasteiger partial charge in [0.2, 0.25) is 0 Å². The third kappa shape index (κ3) is 5.06. The van der Waals surface area contributed by atoms with Crippen molar-refractivity contribution in [3.8, 4) is 0 Å². The van der Waals surface area contributed by atoms with Gasteiger partial charge in [-0.05, 0) is 6.07 Å². The molecule has 0 aromatic carbocycles. The van der Waals surface area contributed by atoms with Crippen LogP contribution in [0.5, 0.6) is 0 Å². The van der Waals surface area contributed by atoms with Gasteiger partial charge in [0.05, 0.1) is 18.7 Å². The van der Waals surface area contributed by atoms with Gasteiger partial charge in [0.1, 0.15) is 6.04 Å². The lowest BCUT2D eigenvalue weighted by Crippen LogP contribution is -2.46. The summed E-state index contributed by atoms with van der Waals surface area (Å²) >= 11 is 0. The first-order valence-corrected chi connectivity index (χ1v) is 5.36. The molecule has 0 aliphatic carbocycles. The van der Waals surface area contributed by atoms with E-state index >= 15 is 0 Å². The fraction of sp³-hybridized carbons (Fsp3) is 0.400. The number of urea groups is 1. The van der Waals surface area contributed by atoms with Gasteiger partial charge in [-0.1, -0.05) is 0 Å². The first kappa shape index (κ1) is 14.5. The number of hydrogen-bond acceptors (Lipinski definition) is 4. The van der Waals surface area contributed by atoms with E-state index in [-0.39, 0.29) is 6.54 Å². The Morgan fingerprint density at radius 1 is 1.42 bits per heavy atom. The zero-order valence-electron chi connectivity index (χ0n) is 10.2. The van der Waals surface area contributed by atoms with E-state index in [1.54, 1.807) is 24.0 Å². The molecule has 0 saturated heterocycles. The second kappa shape index (κ2) is 6.38. The van der Waals surface area contributed by atoms with Gasteiger partial charge in [0.25, 0.3) is 0 Å². The molecule has 1 rings (SSSR count). The van der Waals surface area contributed by atoms with Crippen LogP contribution in [0.2, 0.25) is 0 Å². The second-order valence-electron chi connectivity index (χ2n) is 3.80. The lowest BCUT2D eigenvalue weighted by molar-refractivity contribution is -0.145. The number of carboxylic acids is 2. The van der Waals surface area contributed by atoms with E-state index in [0.29, 0.717) is 5.69 Å². The summed E-state index contributed by atoms with van der Waals surface area (Å²) in [5.74, 6) is -2.71. The van der Waals surface area contributed by atoms with Crippen molar-refractivity contribution in [1.82, 2.24) is 20.4 Å². The maximum Gasteiger partial charge on any atom is 0.326 e. The lowest BCUT2D eigenvalue weighted by Gasteiger charge is -2.12. The zero-order chi connectivity index (χ0) is 14.4. The molecule has 4 N–H and O–H groups in total. The number of rotatable bonds is 6. The van der Waals surface area contributed by atoms with E-state index in [1.165, 1.54) is 0 Å². The Labute approximate surface area is 108 Å². The minimum absolute atomic E-state index is 0.117. The molecule has 1 atom stereocenters. The van der Waals surface area contributed by atoms with Gasteiger partial charge in [-0.3, -0.25) is 9.48 Å². The lowest BCUT2D eigenvalue weighted by atomic mass is 10.2. The number of nitrogens with zero attached hydrogens (tertiary/aromatic N) is 2. The summed E-state index contributed by atoms with van der Waals surface area (Å²) in [5.41, 5.74) is 0.600. The quantitative estimate of drug-likeness (QED) is 0.532. The molecular formula is C10H14N4O5. The molecule has 0 aliphatic heterocycles. The van der Waals surface area contributed by atoms with E-state index in [2.05, 4.69) is 15.7 Å². The largest absolute Gasteiger partial charge is 0.481 e. The second-order valence-corrected chi connectivity index (χ2v) is 3.80.